The van der Waals surface area contributed by atoms with E-state index in [0.29, 0.717) is 30.8 Å². The summed E-state index contributed by atoms with van der Waals surface area (Å²) in [5, 5.41) is 18.1. The third-order valence-corrected chi connectivity index (χ3v) is 3.12. The minimum absolute atomic E-state index is 0.124. The first-order chi connectivity index (χ1) is 9.10. The average molecular weight is 260 g/mol. The molecule has 1 aliphatic rings. The van der Waals surface area contributed by atoms with Crippen LogP contribution in [0.15, 0.2) is 24.3 Å². The van der Waals surface area contributed by atoms with Gasteiger partial charge in [0.25, 0.3) is 5.91 Å². The molecule has 5 heteroatoms. The van der Waals surface area contributed by atoms with E-state index < -0.39 is 12.2 Å². The number of likely N-dealkylation sites (tertiary alicyclic amines) is 1. The van der Waals surface area contributed by atoms with Crippen molar-refractivity contribution in [2.45, 2.75) is 25.6 Å². The summed E-state index contributed by atoms with van der Waals surface area (Å²) in [5.74, 6) is 0.431. The van der Waals surface area contributed by atoms with Crippen LogP contribution < -0.4 is 4.74 Å². The van der Waals surface area contributed by atoms with E-state index in [1.807, 2.05) is 6.07 Å². The van der Waals surface area contributed by atoms with Crippen molar-refractivity contribution in [3.8, 4) is 11.8 Å². The summed E-state index contributed by atoms with van der Waals surface area (Å²) in [7, 11) is 0. The third kappa shape index (κ3) is 3.24. The molecule has 1 aliphatic heterocycles. The first-order valence-corrected chi connectivity index (χ1v) is 6.24. The van der Waals surface area contributed by atoms with Gasteiger partial charge in [-0.25, -0.2) is 0 Å². The molecular formula is C14H16N2O3. The average Bonchev–Trinajstić information content (AvgIpc) is 2.85. The number of hydrogen-bond donors (Lipinski definition) is 1. The lowest BCUT2D eigenvalue weighted by Crippen LogP contribution is -2.39. The van der Waals surface area contributed by atoms with Crippen molar-refractivity contribution in [1.29, 1.82) is 5.26 Å². The highest BCUT2D eigenvalue weighted by Crippen LogP contribution is 2.16. The summed E-state index contributed by atoms with van der Waals surface area (Å²) in [6.45, 7) is 2.63. The highest BCUT2D eigenvalue weighted by atomic mass is 16.5. The van der Waals surface area contributed by atoms with Crippen molar-refractivity contribution >= 4 is 5.91 Å². The highest BCUT2D eigenvalue weighted by molar-refractivity contribution is 5.81. The molecule has 100 valence electrons. The molecule has 2 unspecified atom stereocenters. The quantitative estimate of drug-likeness (QED) is 0.877. The number of aliphatic hydroxyl groups excluding tert-OH is 1. The van der Waals surface area contributed by atoms with Gasteiger partial charge in [0.15, 0.2) is 6.10 Å². The van der Waals surface area contributed by atoms with E-state index in [1.54, 1.807) is 36.1 Å². The maximum Gasteiger partial charge on any atom is 0.263 e. The van der Waals surface area contributed by atoms with Gasteiger partial charge in [0, 0.05) is 13.1 Å². The molecule has 1 aromatic carbocycles. The second-order valence-electron chi connectivity index (χ2n) is 4.62. The molecule has 0 spiro atoms. The Bertz CT molecular complexity index is 492. The fraction of sp³-hybridized carbons (Fsp3) is 0.429. The number of carbonyl (C=O) groups excluding carboxylic acids is 1. The second-order valence-corrected chi connectivity index (χ2v) is 4.62. The van der Waals surface area contributed by atoms with Crippen molar-refractivity contribution in [3.05, 3.63) is 29.8 Å². The molecule has 1 heterocycles. The molecule has 0 aliphatic carbocycles. The second kappa shape index (κ2) is 5.72. The van der Waals surface area contributed by atoms with Gasteiger partial charge in [-0.15, -0.1) is 0 Å². The van der Waals surface area contributed by atoms with Gasteiger partial charge >= 0.3 is 0 Å². The number of carbonyl (C=O) groups is 1. The predicted octanol–water partition coefficient (Wildman–Crippen LogP) is 0.919. The molecule has 0 saturated carbocycles. The van der Waals surface area contributed by atoms with Gasteiger partial charge in [-0.2, -0.15) is 5.26 Å². The van der Waals surface area contributed by atoms with E-state index >= 15 is 0 Å². The van der Waals surface area contributed by atoms with Gasteiger partial charge in [-0.1, -0.05) is 0 Å². The number of nitriles is 1. The summed E-state index contributed by atoms with van der Waals surface area (Å²) in [6, 6.07) is 8.65. The molecule has 0 aromatic heterocycles. The Kier molecular flexibility index (Phi) is 4.03. The predicted molar refractivity (Wildman–Crippen MR) is 68.5 cm³/mol. The summed E-state index contributed by atoms with van der Waals surface area (Å²) >= 11 is 0. The first-order valence-electron chi connectivity index (χ1n) is 6.24. The third-order valence-electron chi connectivity index (χ3n) is 3.12. The molecule has 1 aromatic rings. The topological polar surface area (TPSA) is 73.6 Å². The Morgan fingerprint density at radius 2 is 2.21 bits per heavy atom. The maximum absolute atomic E-state index is 12.1. The van der Waals surface area contributed by atoms with Crippen molar-refractivity contribution in [2.75, 3.05) is 13.1 Å². The van der Waals surface area contributed by atoms with Crippen LogP contribution in [0.4, 0.5) is 0 Å². The van der Waals surface area contributed by atoms with E-state index in [0.717, 1.165) is 0 Å². The van der Waals surface area contributed by atoms with E-state index in [1.165, 1.54) is 0 Å². The summed E-state index contributed by atoms with van der Waals surface area (Å²) in [5.41, 5.74) is 0.550. The van der Waals surface area contributed by atoms with Crippen LogP contribution >= 0.6 is 0 Å². The van der Waals surface area contributed by atoms with Gasteiger partial charge in [0.1, 0.15) is 5.75 Å². The molecule has 1 N–H and O–H groups in total. The molecule has 2 atom stereocenters. The van der Waals surface area contributed by atoms with Gasteiger partial charge in [-0.05, 0) is 37.6 Å². The van der Waals surface area contributed by atoms with Crippen LogP contribution in [0, 0.1) is 11.3 Å². The van der Waals surface area contributed by atoms with E-state index in [-0.39, 0.29) is 5.91 Å². The van der Waals surface area contributed by atoms with Crippen molar-refractivity contribution < 1.29 is 14.6 Å². The number of β-amino-alcohol motifs (C(OH)–C–C–N with tert-alkyl or cyclic N) is 1. The standard InChI is InChI=1S/C14H16N2O3/c1-10(14(18)16-7-6-12(17)9-16)19-13-4-2-11(8-15)3-5-13/h2-5,10,12,17H,6-7,9H2,1H3. The highest BCUT2D eigenvalue weighted by Gasteiger charge is 2.28. The smallest absolute Gasteiger partial charge is 0.263 e. The summed E-state index contributed by atoms with van der Waals surface area (Å²) in [6.07, 6.45) is -0.403. The van der Waals surface area contributed by atoms with Gasteiger partial charge in [0.2, 0.25) is 0 Å². The molecule has 1 saturated heterocycles. The molecule has 1 amide bonds. The van der Waals surface area contributed by atoms with Gasteiger partial charge in [0.05, 0.1) is 17.7 Å². The van der Waals surface area contributed by atoms with Crippen LogP contribution in [-0.2, 0) is 4.79 Å². The monoisotopic (exact) mass is 260 g/mol. The van der Waals surface area contributed by atoms with Crippen LogP contribution in [-0.4, -0.2) is 41.2 Å². The molecule has 2 rings (SSSR count). The number of aliphatic hydroxyl groups is 1. The lowest BCUT2D eigenvalue weighted by Gasteiger charge is -2.21. The van der Waals surface area contributed by atoms with Crippen LogP contribution in [0.1, 0.15) is 18.9 Å². The Morgan fingerprint density at radius 1 is 1.53 bits per heavy atom. The minimum Gasteiger partial charge on any atom is -0.481 e. The SMILES string of the molecule is CC(Oc1ccc(C#N)cc1)C(=O)N1CCC(O)C1. The zero-order chi connectivity index (χ0) is 13.8. The number of benzene rings is 1. The molecule has 19 heavy (non-hydrogen) atoms. The van der Waals surface area contributed by atoms with Crippen molar-refractivity contribution in [3.63, 3.8) is 0 Å². The Morgan fingerprint density at radius 3 is 2.74 bits per heavy atom. The maximum atomic E-state index is 12.1. The van der Waals surface area contributed by atoms with Crippen LogP contribution in [0.5, 0.6) is 5.75 Å². The van der Waals surface area contributed by atoms with Crippen LogP contribution in [0.3, 0.4) is 0 Å². The van der Waals surface area contributed by atoms with Crippen LogP contribution in [0.2, 0.25) is 0 Å². The summed E-state index contributed by atoms with van der Waals surface area (Å²) < 4.78 is 5.54. The number of hydrogen-bond acceptors (Lipinski definition) is 4. The number of nitrogens with zero attached hydrogens (tertiary/aromatic N) is 2. The number of amides is 1. The minimum atomic E-state index is -0.599. The molecular weight excluding hydrogens is 244 g/mol. The Balaban J connectivity index is 1.94. The number of rotatable bonds is 3. The largest absolute Gasteiger partial charge is 0.481 e. The first kappa shape index (κ1) is 13.4. The molecule has 5 nitrogen and oxygen atoms in total. The lowest BCUT2D eigenvalue weighted by atomic mass is 10.2. The van der Waals surface area contributed by atoms with Crippen molar-refractivity contribution in [2.24, 2.45) is 0 Å². The zero-order valence-electron chi connectivity index (χ0n) is 10.7. The molecule has 0 radical (unpaired) electrons. The fourth-order valence-electron chi connectivity index (χ4n) is 2.06. The lowest BCUT2D eigenvalue weighted by molar-refractivity contribution is -0.137. The number of ether oxygens (including phenoxy) is 1. The molecule has 0 bridgehead atoms. The Labute approximate surface area is 112 Å². The fourth-order valence-corrected chi connectivity index (χ4v) is 2.06. The van der Waals surface area contributed by atoms with Gasteiger partial charge in [-0.3, -0.25) is 4.79 Å². The molecule has 1 fully saturated rings. The zero-order valence-corrected chi connectivity index (χ0v) is 10.7. The van der Waals surface area contributed by atoms with E-state index in [4.69, 9.17) is 10.00 Å². The summed E-state index contributed by atoms with van der Waals surface area (Å²) in [4.78, 5) is 13.7. The van der Waals surface area contributed by atoms with E-state index in [9.17, 15) is 9.90 Å². The van der Waals surface area contributed by atoms with Crippen LogP contribution in [0.25, 0.3) is 0 Å². The van der Waals surface area contributed by atoms with Crippen molar-refractivity contribution in [1.82, 2.24) is 4.90 Å². The Hall–Kier alpha value is -2.06. The van der Waals surface area contributed by atoms with Gasteiger partial charge < -0.3 is 14.7 Å². The normalized spacial score (nSPS) is 19.8. The van der Waals surface area contributed by atoms with E-state index in [2.05, 4.69) is 0 Å².